The normalized spacial score (nSPS) is 24.4. The van der Waals surface area contributed by atoms with E-state index < -0.39 is 0 Å². The van der Waals surface area contributed by atoms with Gasteiger partial charge in [-0.1, -0.05) is 24.4 Å². The van der Waals surface area contributed by atoms with Gasteiger partial charge in [-0.25, -0.2) is 0 Å². The summed E-state index contributed by atoms with van der Waals surface area (Å²) in [6, 6.07) is 6.34. The van der Waals surface area contributed by atoms with Gasteiger partial charge in [-0.05, 0) is 31.0 Å². The van der Waals surface area contributed by atoms with E-state index in [9.17, 15) is 0 Å². The summed E-state index contributed by atoms with van der Waals surface area (Å²) >= 11 is 6.09. The lowest BCUT2D eigenvalue weighted by Gasteiger charge is -2.30. The molecule has 0 spiro atoms. The molecule has 1 aliphatic rings. The average Bonchev–Trinajstić information content (AvgIpc) is 2.32. The molecule has 0 unspecified atom stereocenters. The van der Waals surface area contributed by atoms with Crippen molar-refractivity contribution >= 4 is 17.3 Å². The van der Waals surface area contributed by atoms with Crippen molar-refractivity contribution in [2.75, 3.05) is 12.4 Å². The van der Waals surface area contributed by atoms with Crippen LogP contribution in [0.2, 0.25) is 5.02 Å². The van der Waals surface area contributed by atoms with Crippen LogP contribution in [-0.4, -0.2) is 19.2 Å². The van der Waals surface area contributed by atoms with Gasteiger partial charge >= 0.3 is 0 Å². The van der Waals surface area contributed by atoms with Crippen LogP contribution in [0, 0.1) is 0 Å². The summed E-state index contributed by atoms with van der Waals surface area (Å²) in [7, 11) is 1.62. The van der Waals surface area contributed by atoms with Crippen LogP contribution in [0.15, 0.2) is 18.2 Å². The zero-order chi connectivity index (χ0) is 12.3. The Morgan fingerprint density at radius 1 is 1.35 bits per heavy atom. The lowest BCUT2D eigenvalue weighted by Crippen LogP contribution is -2.42. The Morgan fingerprint density at radius 3 is 2.76 bits per heavy atom. The second-order valence-electron chi connectivity index (χ2n) is 4.55. The van der Waals surface area contributed by atoms with E-state index in [0.717, 1.165) is 18.5 Å². The van der Waals surface area contributed by atoms with E-state index in [1.807, 2.05) is 18.2 Å². The molecule has 0 aromatic heterocycles. The Labute approximate surface area is 107 Å². The van der Waals surface area contributed by atoms with E-state index in [2.05, 4.69) is 5.32 Å². The van der Waals surface area contributed by atoms with Crippen LogP contribution in [0.5, 0.6) is 5.75 Å². The third-order valence-corrected chi connectivity index (χ3v) is 3.62. The molecule has 0 saturated heterocycles. The van der Waals surface area contributed by atoms with E-state index in [1.54, 1.807) is 7.11 Å². The maximum absolute atomic E-state index is 6.10. The molecule has 0 heterocycles. The third-order valence-electron chi connectivity index (χ3n) is 3.32. The van der Waals surface area contributed by atoms with Crippen molar-refractivity contribution in [1.29, 1.82) is 0 Å². The molecule has 0 radical (unpaired) electrons. The first kappa shape index (κ1) is 12.5. The standard InChI is InChI=1S/C13H19ClN2O/c1-17-13-7-6-9(8-10(13)14)16-12-5-3-2-4-11(12)15/h6-8,11-12,16H,2-5,15H2,1H3/t11-,12+/m1/s1. The van der Waals surface area contributed by atoms with E-state index in [4.69, 9.17) is 22.1 Å². The summed E-state index contributed by atoms with van der Waals surface area (Å²) in [6.45, 7) is 0. The largest absolute Gasteiger partial charge is 0.495 e. The Kier molecular flexibility index (Phi) is 4.13. The van der Waals surface area contributed by atoms with Crippen LogP contribution in [-0.2, 0) is 0 Å². The average molecular weight is 255 g/mol. The molecule has 3 N–H and O–H groups in total. The van der Waals surface area contributed by atoms with E-state index in [0.29, 0.717) is 16.8 Å². The van der Waals surface area contributed by atoms with Crippen molar-refractivity contribution in [3.63, 3.8) is 0 Å². The highest BCUT2D eigenvalue weighted by atomic mass is 35.5. The number of hydrogen-bond donors (Lipinski definition) is 2. The fourth-order valence-electron chi connectivity index (χ4n) is 2.31. The summed E-state index contributed by atoms with van der Waals surface area (Å²) in [6.07, 6.45) is 4.71. The minimum absolute atomic E-state index is 0.240. The molecule has 2 rings (SSSR count). The fourth-order valence-corrected chi connectivity index (χ4v) is 2.57. The second-order valence-corrected chi connectivity index (χ2v) is 4.96. The van der Waals surface area contributed by atoms with Crippen molar-refractivity contribution in [3.05, 3.63) is 23.2 Å². The van der Waals surface area contributed by atoms with Gasteiger partial charge in [0.2, 0.25) is 0 Å². The molecule has 1 aliphatic carbocycles. The molecule has 4 heteroatoms. The molecule has 1 aromatic carbocycles. The van der Waals surface area contributed by atoms with Gasteiger partial charge < -0.3 is 15.8 Å². The van der Waals surface area contributed by atoms with Crippen molar-refractivity contribution in [2.24, 2.45) is 5.73 Å². The highest BCUT2D eigenvalue weighted by molar-refractivity contribution is 6.32. The van der Waals surface area contributed by atoms with Crippen molar-refractivity contribution in [2.45, 2.75) is 37.8 Å². The van der Waals surface area contributed by atoms with Crippen LogP contribution in [0.1, 0.15) is 25.7 Å². The lowest BCUT2D eigenvalue weighted by atomic mass is 9.91. The summed E-state index contributed by atoms with van der Waals surface area (Å²) in [5.41, 5.74) is 7.11. The predicted octanol–water partition coefficient (Wildman–Crippen LogP) is 3.03. The first-order valence-corrected chi connectivity index (χ1v) is 6.44. The van der Waals surface area contributed by atoms with Gasteiger partial charge in [0, 0.05) is 17.8 Å². The van der Waals surface area contributed by atoms with E-state index in [1.165, 1.54) is 12.8 Å². The second kappa shape index (κ2) is 5.61. The van der Waals surface area contributed by atoms with Gasteiger partial charge in [0.15, 0.2) is 0 Å². The molecule has 1 fully saturated rings. The monoisotopic (exact) mass is 254 g/mol. The highest BCUT2D eigenvalue weighted by Crippen LogP contribution is 2.29. The molecular weight excluding hydrogens is 236 g/mol. The van der Waals surface area contributed by atoms with Crippen LogP contribution >= 0.6 is 11.6 Å². The van der Waals surface area contributed by atoms with Crippen LogP contribution in [0.3, 0.4) is 0 Å². The van der Waals surface area contributed by atoms with Gasteiger partial charge in [0.05, 0.1) is 12.1 Å². The summed E-state index contributed by atoms with van der Waals surface area (Å²) in [5, 5.41) is 4.08. The molecular formula is C13H19ClN2O. The van der Waals surface area contributed by atoms with Gasteiger partial charge in [-0.2, -0.15) is 0 Å². The van der Waals surface area contributed by atoms with Gasteiger partial charge in [0.1, 0.15) is 5.75 Å². The molecule has 1 aromatic rings. The molecule has 17 heavy (non-hydrogen) atoms. The number of hydrogen-bond acceptors (Lipinski definition) is 3. The molecule has 0 amide bonds. The highest BCUT2D eigenvalue weighted by Gasteiger charge is 2.21. The number of ether oxygens (including phenoxy) is 1. The predicted molar refractivity (Wildman–Crippen MR) is 71.9 cm³/mol. The van der Waals surface area contributed by atoms with Gasteiger partial charge in [-0.15, -0.1) is 0 Å². The zero-order valence-corrected chi connectivity index (χ0v) is 10.8. The lowest BCUT2D eigenvalue weighted by molar-refractivity contribution is 0.403. The first-order chi connectivity index (χ1) is 8.20. The third kappa shape index (κ3) is 3.05. The number of nitrogens with two attached hydrogens (primary N) is 1. The number of anilines is 1. The molecule has 0 aliphatic heterocycles. The molecule has 1 saturated carbocycles. The van der Waals surface area contributed by atoms with Crippen molar-refractivity contribution in [3.8, 4) is 5.75 Å². The van der Waals surface area contributed by atoms with E-state index in [-0.39, 0.29) is 6.04 Å². The quantitative estimate of drug-likeness (QED) is 0.872. The SMILES string of the molecule is COc1ccc(N[C@H]2CCCC[C@H]2N)cc1Cl. The molecule has 0 bridgehead atoms. The van der Waals surface area contributed by atoms with Crippen LogP contribution < -0.4 is 15.8 Å². The van der Waals surface area contributed by atoms with Crippen LogP contribution in [0.4, 0.5) is 5.69 Å². The Bertz CT molecular complexity index is 384. The summed E-state index contributed by atoms with van der Waals surface area (Å²) < 4.78 is 5.13. The van der Waals surface area contributed by atoms with Gasteiger partial charge in [-0.3, -0.25) is 0 Å². The Hall–Kier alpha value is -0.930. The Morgan fingerprint density at radius 2 is 2.12 bits per heavy atom. The maximum atomic E-state index is 6.10. The topological polar surface area (TPSA) is 47.3 Å². The fraction of sp³-hybridized carbons (Fsp3) is 0.538. The molecule has 3 nitrogen and oxygen atoms in total. The van der Waals surface area contributed by atoms with Crippen molar-refractivity contribution in [1.82, 2.24) is 0 Å². The molecule has 94 valence electrons. The number of nitrogens with one attached hydrogen (secondary N) is 1. The number of benzene rings is 1. The maximum Gasteiger partial charge on any atom is 0.137 e. The first-order valence-electron chi connectivity index (χ1n) is 6.06. The van der Waals surface area contributed by atoms with Gasteiger partial charge in [0.25, 0.3) is 0 Å². The number of halogens is 1. The van der Waals surface area contributed by atoms with E-state index >= 15 is 0 Å². The summed E-state index contributed by atoms with van der Waals surface area (Å²) in [4.78, 5) is 0. The van der Waals surface area contributed by atoms with Crippen molar-refractivity contribution < 1.29 is 4.74 Å². The minimum atomic E-state index is 0.240. The number of methoxy groups -OCH3 is 1. The molecule has 2 atom stereocenters. The Balaban J connectivity index is 2.05. The summed E-state index contributed by atoms with van der Waals surface area (Å²) in [5.74, 6) is 0.699. The van der Waals surface area contributed by atoms with Crippen LogP contribution in [0.25, 0.3) is 0 Å². The minimum Gasteiger partial charge on any atom is -0.495 e. The zero-order valence-electron chi connectivity index (χ0n) is 10.1. The number of rotatable bonds is 3. The smallest absolute Gasteiger partial charge is 0.137 e.